The zero-order chi connectivity index (χ0) is 18.1. The molecular formula is C21H17N3O2. The van der Waals surface area contributed by atoms with Crippen molar-refractivity contribution in [2.24, 2.45) is 0 Å². The van der Waals surface area contributed by atoms with Crippen LogP contribution in [0.3, 0.4) is 0 Å². The Bertz CT molecular complexity index is 1020. The van der Waals surface area contributed by atoms with Crippen LogP contribution in [0.15, 0.2) is 72.4 Å². The minimum atomic E-state index is -0.496. The maximum Gasteiger partial charge on any atom is 0.326 e. The fourth-order valence-corrected chi connectivity index (χ4v) is 3.14. The van der Waals surface area contributed by atoms with E-state index in [9.17, 15) is 9.59 Å². The molecule has 1 aliphatic rings. The molecule has 3 aromatic rings. The van der Waals surface area contributed by atoms with Crippen molar-refractivity contribution in [3.8, 4) is 16.9 Å². The standard InChI is InChI=1S/C21H17N3O2/c1-14-16(12-18-20(25)23-21(26)22-18)13-19(15-8-4-2-5-9-15)24(14)17-10-6-3-7-11-17/h2-13H,1H3,(H2,22,23,25,26). The number of amides is 3. The molecule has 0 saturated carbocycles. The molecule has 0 spiro atoms. The number of rotatable bonds is 3. The van der Waals surface area contributed by atoms with E-state index in [-0.39, 0.29) is 5.70 Å². The van der Waals surface area contributed by atoms with Crippen LogP contribution < -0.4 is 10.6 Å². The van der Waals surface area contributed by atoms with Crippen LogP contribution in [0.1, 0.15) is 11.3 Å². The average Bonchev–Trinajstić information content (AvgIpc) is 3.15. The largest absolute Gasteiger partial charge is 0.326 e. The molecule has 1 aromatic heterocycles. The summed E-state index contributed by atoms with van der Waals surface area (Å²) in [5, 5.41) is 4.77. The maximum absolute atomic E-state index is 11.9. The third-order valence-electron chi connectivity index (χ3n) is 4.39. The molecular weight excluding hydrogens is 326 g/mol. The van der Waals surface area contributed by atoms with E-state index in [2.05, 4.69) is 27.3 Å². The predicted molar refractivity (Wildman–Crippen MR) is 101 cm³/mol. The monoisotopic (exact) mass is 343 g/mol. The summed E-state index contributed by atoms with van der Waals surface area (Å²) >= 11 is 0. The van der Waals surface area contributed by atoms with Crippen LogP contribution in [-0.2, 0) is 4.79 Å². The van der Waals surface area contributed by atoms with Gasteiger partial charge in [-0.25, -0.2) is 4.79 Å². The van der Waals surface area contributed by atoms with Gasteiger partial charge in [-0.1, -0.05) is 48.5 Å². The van der Waals surface area contributed by atoms with Crippen LogP contribution in [0, 0.1) is 6.92 Å². The average molecular weight is 343 g/mol. The molecule has 2 heterocycles. The number of aromatic nitrogens is 1. The van der Waals surface area contributed by atoms with Crippen molar-refractivity contribution in [2.75, 3.05) is 0 Å². The van der Waals surface area contributed by atoms with Crippen molar-refractivity contribution < 1.29 is 9.59 Å². The highest BCUT2D eigenvalue weighted by Gasteiger charge is 2.24. The van der Waals surface area contributed by atoms with E-state index < -0.39 is 11.9 Å². The Hall–Kier alpha value is -3.60. The van der Waals surface area contributed by atoms with Crippen LogP contribution in [0.4, 0.5) is 4.79 Å². The van der Waals surface area contributed by atoms with Gasteiger partial charge in [0.1, 0.15) is 5.70 Å². The second-order valence-corrected chi connectivity index (χ2v) is 6.07. The molecule has 1 saturated heterocycles. The lowest BCUT2D eigenvalue weighted by molar-refractivity contribution is -0.115. The molecule has 2 aromatic carbocycles. The summed E-state index contributed by atoms with van der Waals surface area (Å²) in [6, 6.07) is 21.7. The van der Waals surface area contributed by atoms with Gasteiger partial charge in [0.15, 0.2) is 0 Å². The number of carbonyl (C=O) groups excluding carboxylic acids is 2. The molecule has 0 aliphatic carbocycles. The minimum Gasteiger partial charge on any atom is -0.313 e. The van der Waals surface area contributed by atoms with Crippen LogP contribution in [0.25, 0.3) is 23.0 Å². The molecule has 0 atom stereocenters. The lowest BCUT2D eigenvalue weighted by Crippen LogP contribution is -2.22. The molecule has 0 radical (unpaired) electrons. The van der Waals surface area contributed by atoms with Crippen molar-refractivity contribution in [1.29, 1.82) is 0 Å². The van der Waals surface area contributed by atoms with E-state index in [0.29, 0.717) is 0 Å². The number of nitrogens with zero attached hydrogens (tertiary/aromatic N) is 1. The van der Waals surface area contributed by atoms with Crippen molar-refractivity contribution >= 4 is 18.0 Å². The lowest BCUT2D eigenvalue weighted by Gasteiger charge is -2.12. The van der Waals surface area contributed by atoms with Gasteiger partial charge in [0.25, 0.3) is 5.91 Å². The number of carbonyl (C=O) groups is 2. The van der Waals surface area contributed by atoms with E-state index >= 15 is 0 Å². The highest BCUT2D eigenvalue weighted by molar-refractivity contribution is 6.14. The van der Waals surface area contributed by atoms with E-state index in [1.165, 1.54) is 0 Å². The van der Waals surface area contributed by atoms with Crippen molar-refractivity contribution in [2.45, 2.75) is 6.92 Å². The van der Waals surface area contributed by atoms with Crippen molar-refractivity contribution in [3.05, 3.63) is 83.7 Å². The van der Waals surface area contributed by atoms with E-state index in [1.54, 1.807) is 6.08 Å². The predicted octanol–water partition coefficient (Wildman–Crippen LogP) is 3.63. The second-order valence-electron chi connectivity index (χ2n) is 6.07. The summed E-state index contributed by atoms with van der Waals surface area (Å²) in [5.41, 5.74) is 5.24. The van der Waals surface area contributed by atoms with Gasteiger partial charge in [-0.05, 0) is 42.3 Å². The fourth-order valence-electron chi connectivity index (χ4n) is 3.14. The zero-order valence-electron chi connectivity index (χ0n) is 14.2. The first kappa shape index (κ1) is 15.9. The third-order valence-corrected chi connectivity index (χ3v) is 4.39. The lowest BCUT2D eigenvalue weighted by atomic mass is 10.1. The first-order valence-corrected chi connectivity index (χ1v) is 8.31. The quantitative estimate of drug-likeness (QED) is 0.563. The van der Waals surface area contributed by atoms with E-state index in [4.69, 9.17) is 0 Å². The Kier molecular flexibility index (Phi) is 3.89. The molecule has 0 unspecified atom stereocenters. The molecule has 5 nitrogen and oxygen atoms in total. The Labute approximate surface area is 151 Å². The summed E-state index contributed by atoms with van der Waals surface area (Å²) in [6.45, 7) is 2.00. The van der Waals surface area contributed by atoms with Crippen LogP contribution in [-0.4, -0.2) is 16.5 Å². The van der Waals surface area contributed by atoms with Gasteiger partial charge >= 0.3 is 6.03 Å². The molecule has 1 fully saturated rings. The topological polar surface area (TPSA) is 63.1 Å². The number of nitrogens with one attached hydrogen (secondary N) is 2. The van der Waals surface area contributed by atoms with Gasteiger partial charge in [-0.3, -0.25) is 10.1 Å². The van der Waals surface area contributed by atoms with Gasteiger partial charge in [0.2, 0.25) is 0 Å². The molecule has 1 aliphatic heterocycles. The van der Waals surface area contributed by atoms with Gasteiger partial charge in [0, 0.05) is 11.4 Å². The van der Waals surface area contributed by atoms with Gasteiger partial charge < -0.3 is 9.88 Å². The van der Waals surface area contributed by atoms with E-state index in [0.717, 1.165) is 28.2 Å². The van der Waals surface area contributed by atoms with Gasteiger partial charge in [-0.15, -0.1) is 0 Å². The number of hydrogen-bond acceptors (Lipinski definition) is 2. The summed E-state index contributed by atoms with van der Waals surface area (Å²) in [7, 11) is 0. The van der Waals surface area contributed by atoms with Crippen LogP contribution in [0.2, 0.25) is 0 Å². The highest BCUT2D eigenvalue weighted by atomic mass is 16.2. The Balaban J connectivity index is 1.90. The SMILES string of the molecule is Cc1c(C=C2NC(=O)NC2=O)cc(-c2ccccc2)n1-c1ccccc1. The van der Waals surface area contributed by atoms with Gasteiger partial charge in [-0.2, -0.15) is 0 Å². The summed E-state index contributed by atoms with van der Waals surface area (Å²) in [6.07, 6.45) is 1.71. The third kappa shape index (κ3) is 2.80. The molecule has 2 N–H and O–H groups in total. The Morgan fingerprint density at radius 1 is 0.885 bits per heavy atom. The fraction of sp³-hybridized carbons (Fsp3) is 0.0476. The van der Waals surface area contributed by atoms with Crippen LogP contribution in [0.5, 0.6) is 0 Å². The smallest absolute Gasteiger partial charge is 0.313 e. The summed E-state index contributed by atoms with van der Waals surface area (Å²) < 4.78 is 2.15. The molecule has 4 rings (SSSR count). The molecule has 5 heteroatoms. The molecule has 128 valence electrons. The zero-order valence-corrected chi connectivity index (χ0v) is 14.2. The van der Waals surface area contributed by atoms with Crippen LogP contribution >= 0.6 is 0 Å². The highest BCUT2D eigenvalue weighted by Crippen LogP contribution is 2.30. The maximum atomic E-state index is 11.9. The molecule has 0 bridgehead atoms. The normalized spacial score (nSPS) is 15.2. The summed E-state index contributed by atoms with van der Waals surface area (Å²) in [4.78, 5) is 23.2. The number of benzene rings is 2. The minimum absolute atomic E-state index is 0.253. The number of urea groups is 1. The second kappa shape index (κ2) is 6.37. The molecule has 3 amide bonds. The number of para-hydroxylation sites is 1. The summed E-state index contributed by atoms with van der Waals surface area (Å²) in [5.74, 6) is -0.414. The van der Waals surface area contributed by atoms with E-state index in [1.807, 2.05) is 61.5 Å². The first-order valence-electron chi connectivity index (χ1n) is 8.31. The number of imide groups is 1. The van der Waals surface area contributed by atoms with Crippen molar-refractivity contribution in [1.82, 2.24) is 15.2 Å². The molecule has 26 heavy (non-hydrogen) atoms. The van der Waals surface area contributed by atoms with Gasteiger partial charge in [0.05, 0.1) is 5.69 Å². The Morgan fingerprint density at radius 3 is 2.15 bits per heavy atom. The Morgan fingerprint density at radius 2 is 1.54 bits per heavy atom. The van der Waals surface area contributed by atoms with Crippen molar-refractivity contribution in [3.63, 3.8) is 0 Å². The number of hydrogen-bond donors (Lipinski definition) is 2. The first-order chi connectivity index (χ1) is 12.6.